The number of nitrogens with one attached hydrogen (secondary N) is 1. The Morgan fingerprint density at radius 2 is 2.10 bits per heavy atom. The van der Waals surface area contributed by atoms with Gasteiger partial charge in [-0.1, -0.05) is 36.7 Å². The fourth-order valence-corrected chi connectivity index (χ4v) is 2.85. The fourth-order valence-electron chi connectivity index (χ4n) is 2.60. The Hall–Kier alpha value is -1.52. The molecule has 4 nitrogen and oxygen atoms in total. The van der Waals surface area contributed by atoms with E-state index < -0.39 is 0 Å². The van der Waals surface area contributed by atoms with Crippen molar-refractivity contribution in [2.75, 3.05) is 13.7 Å². The number of halogens is 1. The van der Waals surface area contributed by atoms with Crippen molar-refractivity contribution in [3.05, 3.63) is 46.2 Å². The summed E-state index contributed by atoms with van der Waals surface area (Å²) in [5.74, 6) is 0.890. The SMILES string of the molecule is CCNC(Cc1c(C)nn(C)c1Cl)c1ccccc1OC. The average Bonchev–Trinajstić information content (AvgIpc) is 2.73. The van der Waals surface area contributed by atoms with Crippen molar-refractivity contribution in [3.8, 4) is 5.75 Å². The lowest BCUT2D eigenvalue weighted by Crippen LogP contribution is -2.23. The summed E-state index contributed by atoms with van der Waals surface area (Å²) >= 11 is 6.36. The summed E-state index contributed by atoms with van der Waals surface area (Å²) < 4.78 is 7.20. The molecule has 0 saturated heterocycles. The largest absolute Gasteiger partial charge is 0.496 e. The minimum absolute atomic E-state index is 0.145. The Morgan fingerprint density at radius 1 is 1.38 bits per heavy atom. The van der Waals surface area contributed by atoms with Gasteiger partial charge in [-0.2, -0.15) is 5.10 Å². The van der Waals surface area contributed by atoms with Crippen molar-refractivity contribution in [2.45, 2.75) is 26.3 Å². The van der Waals surface area contributed by atoms with Crippen LogP contribution in [0.15, 0.2) is 24.3 Å². The van der Waals surface area contributed by atoms with E-state index in [0.29, 0.717) is 5.15 Å². The number of hydrogen-bond donors (Lipinski definition) is 1. The Labute approximate surface area is 131 Å². The quantitative estimate of drug-likeness (QED) is 0.890. The minimum atomic E-state index is 0.145. The number of hydrogen-bond acceptors (Lipinski definition) is 3. The van der Waals surface area contributed by atoms with Crippen molar-refractivity contribution in [1.29, 1.82) is 0 Å². The maximum atomic E-state index is 6.36. The lowest BCUT2D eigenvalue weighted by molar-refractivity contribution is 0.399. The molecule has 1 heterocycles. The molecule has 5 heteroatoms. The summed E-state index contributed by atoms with van der Waals surface area (Å²) in [6, 6.07) is 8.23. The van der Waals surface area contributed by atoms with Gasteiger partial charge in [-0.15, -0.1) is 0 Å². The first-order chi connectivity index (χ1) is 10.1. The van der Waals surface area contributed by atoms with E-state index in [4.69, 9.17) is 16.3 Å². The zero-order valence-electron chi connectivity index (χ0n) is 13.0. The molecule has 1 aromatic carbocycles. The summed E-state index contributed by atoms with van der Waals surface area (Å²) in [6.45, 7) is 4.96. The van der Waals surface area contributed by atoms with Crippen LogP contribution in [0.2, 0.25) is 5.15 Å². The Balaban J connectivity index is 2.35. The third-order valence-electron chi connectivity index (χ3n) is 3.64. The third kappa shape index (κ3) is 3.39. The van der Waals surface area contributed by atoms with Gasteiger partial charge in [0, 0.05) is 24.2 Å². The van der Waals surface area contributed by atoms with E-state index in [9.17, 15) is 0 Å². The molecule has 2 rings (SSSR count). The van der Waals surface area contributed by atoms with Crippen LogP contribution in [0, 0.1) is 6.92 Å². The number of ether oxygens (including phenoxy) is 1. The van der Waals surface area contributed by atoms with Crippen LogP contribution in [-0.2, 0) is 13.5 Å². The highest BCUT2D eigenvalue weighted by molar-refractivity contribution is 6.30. The number of benzene rings is 1. The summed E-state index contributed by atoms with van der Waals surface area (Å²) in [6.07, 6.45) is 0.784. The topological polar surface area (TPSA) is 39.1 Å². The van der Waals surface area contributed by atoms with Crippen LogP contribution in [0.25, 0.3) is 0 Å². The smallest absolute Gasteiger partial charge is 0.130 e. The number of methoxy groups -OCH3 is 1. The molecule has 0 fully saturated rings. The van der Waals surface area contributed by atoms with Crippen LogP contribution in [0.4, 0.5) is 0 Å². The van der Waals surface area contributed by atoms with Crippen LogP contribution in [0.1, 0.15) is 29.8 Å². The highest BCUT2D eigenvalue weighted by Gasteiger charge is 2.20. The predicted molar refractivity (Wildman–Crippen MR) is 86.1 cm³/mol. The number of likely N-dealkylation sites (N-methyl/N-ethyl adjacent to an activating group) is 1. The van der Waals surface area contributed by atoms with Gasteiger partial charge in [0.2, 0.25) is 0 Å². The van der Waals surface area contributed by atoms with Gasteiger partial charge in [-0.3, -0.25) is 4.68 Å². The molecule has 1 unspecified atom stereocenters. The normalized spacial score (nSPS) is 12.4. The van der Waals surface area contributed by atoms with Crippen LogP contribution in [0.5, 0.6) is 5.75 Å². The molecule has 0 saturated carbocycles. The summed E-state index contributed by atoms with van der Waals surface area (Å²) in [7, 11) is 3.56. The predicted octanol–water partition coefficient (Wildman–Crippen LogP) is 3.28. The van der Waals surface area contributed by atoms with Crippen molar-refractivity contribution >= 4 is 11.6 Å². The van der Waals surface area contributed by atoms with E-state index in [0.717, 1.165) is 35.5 Å². The van der Waals surface area contributed by atoms with E-state index in [1.165, 1.54) is 0 Å². The maximum Gasteiger partial charge on any atom is 0.130 e. The first kappa shape index (κ1) is 15.9. The Kier molecular flexibility index (Phi) is 5.26. The molecular weight excluding hydrogens is 286 g/mol. The summed E-state index contributed by atoms with van der Waals surface area (Å²) in [5.41, 5.74) is 3.19. The molecule has 21 heavy (non-hydrogen) atoms. The fraction of sp³-hybridized carbons (Fsp3) is 0.438. The van der Waals surface area contributed by atoms with Crippen molar-refractivity contribution in [3.63, 3.8) is 0 Å². The number of rotatable bonds is 6. The summed E-state index contributed by atoms with van der Waals surface area (Å²) in [5, 5.41) is 8.60. The Bertz CT molecular complexity index is 610. The van der Waals surface area contributed by atoms with E-state index in [-0.39, 0.29) is 6.04 Å². The van der Waals surface area contributed by atoms with E-state index in [1.54, 1.807) is 11.8 Å². The van der Waals surface area contributed by atoms with Crippen molar-refractivity contribution in [2.24, 2.45) is 7.05 Å². The lowest BCUT2D eigenvalue weighted by atomic mass is 9.98. The van der Waals surface area contributed by atoms with Gasteiger partial charge >= 0.3 is 0 Å². The molecule has 114 valence electrons. The number of aryl methyl sites for hydroxylation is 2. The van der Waals surface area contributed by atoms with Crippen molar-refractivity contribution < 1.29 is 4.74 Å². The van der Waals surface area contributed by atoms with Crippen LogP contribution < -0.4 is 10.1 Å². The first-order valence-corrected chi connectivity index (χ1v) is 7.50. The molecule has 0 aliphatic carbocycles. The van der Waals surface area contributed by atoms with Gasteiger partial charge in [-0.05, 0) is 26.0 Å². The standard InChI is InChI=1S/C16H22ClN3O/c1-5-18-14(12-8-6-7-9-15(12)21-4)10-13-11(2)19-20(3)16(13)17/h6-9,14,18H,5,10H2,1-4H3. The molecule has 0 amide bonds. The lowest BCUT2D eigenvalue weighted by Gasteiger charge is -2.20. The molecule has 2 aromatic rings. The van der Waals surface area contributed by atoms with Crippen LogP contribution in [0.3, 0.4) is 0 Å². The highest BCUT2D eigenvalue weighted by atomic mass is 35.5. The number of para-hydroxylation sites is 1. The van der Waals surface area contributed by atoms with E-state index in [1.807, 2.05) is 32.2 Å². The second-order valence-corrected chi connectivity index (χ2v) is 5.39. The third-order valence-corrected chi connectivity index (χ3v) is 4.12. The minimum Gasteiger partial charge on any atom is -0.496 e. The second kappa shape index (κ2) is 6.96. The maximum absolute atomic E-state index is 6.36. The molecule has 1 aromatic heterocycles. The molecule has 1 N–H and O–H groups in total. The molecule has 0 aliphatic heterocycles. The van der Waals surface area contributed by atoms with E-state index in [2.05, 4.69) is 23.4 Å². The Morgan fingerprint density at radius 3 is 2.67 bits per heavy atom. The molecule has 1 atom stereocenters. The van der Waals surface area contributed by atoms with Gasteiger partial charge in [0.05, 0.1) is 12.8 Å². The zero-order chi connectivity index (χ0) is 15.4. The van der Waals surface area contributed by atoms with Gasteiger partial charge in [0.1, 0.15) is 10.9 Å². The van der Waals surface area contributed by atoms with Gasteiger partial charge in [0.25, 0.3) is 0 Å². The second-order valence-electron chi connectivity index (χ2n) is 5.03. The average molecular weight is 308 g/mol. The molecular formula is C16H22ClN3O. The molecule has 0 radical (unpaired) electrons. The van der Waals surface area contributed by atoms with E-state index >= 15 is 0 Å². The molecule has 0 spiro atoms. The zero-order valence-corrected chi connectivity index (χ0v) is 13.7. The summed E-state index contributed by atoms with van der Waals surface area (Å²) in [4.78, 5) is 0. The monoisotopic (exact) mass is 307 g/mol. The number of nitrogens with zero attached hydrogens (tertiary/aromatic N) is 2. The number of aromatic nitrogens is 2. The first-order valence-electron chi connectivity index (χ1n) is 7.12. The van der Waals surface area contributed by atoms with Crippen LogP contribution >= 0.6 is 11.6 Å². The highest BCUT2D eigenvalue weighted by Crippen LogP contribution is 2.30. The van der Waals surface area contributed by atoms with Gasteiger partial charge < -0.3 is 10.1 Å². The van der Waals surface area contributed by atoms with Crippen LogP contribution in [-0.4, -0.2) is 23.4 Å². The van der Waals surface area contributed by atoms with Gasteiger partial charge in [-0.25, -0.2) is 0 Å². The molecule has 0 bridgehead atoms. The molecule has 0 aliphatic rings. The van der Waals surface area contributed by atoms with Gasteiger partial charge in [0.15, 0.2) is 0 Å². The van der Waals surface area contributed by atoms with Crippen molar-refractivity contribution in [1.82, 2.24) is 15.1 Å².